The molecule has 0 amide bonds. The van der Waals surface area contributed by atoms with Crippen LogP contribution in [-0.2, 0) is 6.54 Å². The predicted octanol–water partition coefficient (Wildman–Crippen LogP) is 3.63. The molecule has 26 heavy (non-hydrogen) atoms. The monoisotopic (exact) mass is 368 g/mol. The SMILES string of the molecule is COc1ccccc1NC(=S)NN=C1CCN(Cc2ccccc2)CC1. The summed E-state index contributed by atoms with van der Waals surface area (Å²) in [4.78, 5) is 2.46. The van der Waals surface area contributed by atoms with Crippen LogP contribution in [0.5, 0.6) is 5.75 Å². The molecular formula is C20H24N4OS. The van der Waals surface area contributed by atoms with E-state index in [4.69, 9.17) is 17.0 Å². The third-order valence-corrected chi connectivity index (χ3v) is 4.55. The first kappa shape index (κ1) is 18.4. The van der Waals surface area contributed by atoms with Gasteiger partial charge in [0.25, 0.3) is 0 Å². The lowest BCUT2D eigenvalue weighted by molar-refractivity contribution is 0.266. The Morgan fingerprint density at radius 3 is 2.50 bits per heavy atom. The van der Waals surface area contributed by atoms with Crippen LogP contribution in [0, 0.1) is 0 Å². The fourth-order valence-electron chi connectivity index (χ4n) is 2.95. The number of anilines is 1. The highest BCUT2D eigenvalue weighted by Crippen LogP contribution is 2.22. The second-order valence-electron chi connectivity index (χ2n) is 6.21. The van der Waals surface area contributed by atoms with Crippen molar-refractivity contribution in [3.8, 4) is 5.75 Å². The smallest absolute Gasteiger partial charge is 0.191 e. The van der Waals surface area contributed by atoms with Gasteiger partial charge in [-0.25, -0.2) is 0 Å². The quantitative estimate of drug-likeness (QED) is 0.623. The van der Waals surface area contributed by atoms with Crippen molar-refractivity contribution in [1.82, 2.24) is 10.3 Å². The molecule has 0 unspecified atom stereocenters. The van der Waals surface area contributed by atoms with Gasteiger partial charge in [0.15, 0.2) is 5.11 Å². The zero-order chi connectivity index (χ0) is 18.2. The van der Waals surface area contributed by atoms with Crippen LogP contribution >= 0.6 is 12.2 Å². The van der Waals surface area contributed by atoms with E-state index in [0.717, 1.165) is 49.6 Å². The van der Waals surface area contributed by atoms with Crippen molar-refractivity contribution in [3.05, 3.63) is 60.2 Å². The Labute approximate surface area is 160 Å². The molecule has 1 saturated heterocycles. The van der Waals surface area contributed by atoms with Gasteiger partial charge < -0.3 is 10.1 Å². The van der Waals surface area contributed by atoms with Crippen molar-refractivity contribution in [2.24, 2.45) is 5.10 Å². The lowest BCUT2D eigenvalue weighted by Gasteiger charge is -2.27. The molecule has 0 aromatic heterocycles. The molecule has 1 aliphatic rings. The normalized spacial score (nSPS) is 14.6. The molecule has 0 aliphatic carbocycles. The summed E-state index contributed by atoms with van der Waals surface area (Å²) in [6.07, 6.45) is 1.91. The Morgan fingerprint density at radius 1 is 1.08 bits per heavy atom. The third-order valence-electron chi connectivity index (χ3n) is 4.35. The molecule has 3 rings (SSSR count). The van der Waals surface area contributed by atoms with E-state index < -0.39 is 0 Å². The van der Waals surface area contributed by atoms with Crippen LogP contribution in [0.15, 0.2) is 59.7 Å². The minimum Gasteiger partial charge on any atom is -0.495 e. The Bertz CT molecular complexity index is 753. The van der Waals surface area contributed by atoms with Crippen LogP contribution in [0.2, 0.25) is 0 Å². The summed E-state index contributed by atoms with van der Waals surface area (Å²) in [6, 6.07) is 18.2. The second-order valence-corrected chi connectivity index (χ2v) is 6.61. The number of hydrazone groups is 1. The highest BCUT2D eigenvalue weighted by Gasteiger charge is 2.15. The highest BCUT2D eigenvalue weighted by atomic mass is 32.1. The van der Waals surface area contributed by atoms with Crippen molar-refractivity contribution >= 4 is 28.7 Å². The van der Waals surface area contributed by atoms with E-state index in [0.29, 0.717) is 5.11 Å². The lowest BCUT2D eigenvalue weighted by atomic mass is 10.1. The molecule has 1 aliphatic heterocycles. The van der Waals surface area contributed by atoms with Gasteiger partial charge in [0, 0.05) is 38.2 Å². The molecule has 2 aromatic carbocycles. The third kappa shape index (κ3) is 5.28. The van der Waals surface area contributed by atoms with Crippen molar-refractivity contribution in [3.63, 3.8) is 0 Å². The summed E-state index contributed by atoms with van der Waals surface area (Å²) in [5.41, 5.74) is 6.28. The molecule has 0 spiro atoms. The number of likely N-dealkylation sites (tertiary alicyclic amines) is 1. The average molecular weight is 369 g/mol. The maximum Gasteiger partial charge on any atom is 0.191 e. The summed E-state index contributed by atoms with van der Waals surface area (Å²) >= 11 is 5.33. The van der Waals surface area contributed by atoms with Crippen molar-refractivity contribution in [2.75, 3.05) is 25.5 Å². The number of nitrogens with zero attached hydrogens (tertiary/aromatic N) is 2. The number of rotatable bonds is 5. The maximum absolute atomic E-state index is 5.33. The van der Waals surface area contributed by atoms with Crippen molar-refractivity contribution in [2.45, 2.75) is 19.4 Å². The lowest BCUT2D eigenvalue weighted by Crippen LogP contribution is -2.35. The average Bonchev–Trinajstić information content (AvgIpc) is 2.69. The zero-order valence-electron chi connectivity index (χ0n) is 14.9. The summed E-state index contributed by atoms with van der Waals surface area (Å²) in [5, 5.41) is 8.06. The van der Waals surface area contributed by atoms with Crippen molar-refractivity contribution < 1.29 is 4.74 Å². The summed E-state index contributed by atoms with van der Waals surface area (Å²) < 4.78 is 5.31. The van der Waals surface area contributed by atoms with Gasteiger partial charge in [-0.05, 0) is 29.9 Å². The molecule has 1 fully saturated rings. The molecule has 0 radical (unpaired) electrons. The fraction of sp³-hybridized carbons (Fsp3) is 0.300. The van der Waals surface area contributed by atoms with Gasteiger partial charge >= 0.3 is 0 Å². The number of hydrogen-bond acceptors (Lipinski definition) is 4. The van der Waals surface area contributed by atoms with Crippen LogP contribution in [-0.4, -0.2) is 35.9 Å². The molecule has 0 atom stereocenters. The van der Waals surface area contributed by atoms with Gasteiger partial charge in [-0.2, -0.15) is 5.10 Å². The standard InChI is InChI=1S/C20H24N4OS/c1-25-19-10-6-5-9-18(19)21-20(26)23-22-17-11-13-24(14-12-17)15-16-7-3-2-4-8-16/h2-10H,11-15H2,1H3,(H2,21,23,26). The molecule has 2 aromatic rings. The minimum absolute atomic E-state index is 0.466. The Kier molecular flexibility index (Phi) is 6.57. The van der Waals surface area contributed by atoms with Crippen molar-refractivity contribution in [1.29, 1.82) is 0 Å². The molecule has 0 saturated carbocycles. The number of thiocarbonyl (C=S) groups is 1. The largest absolute Gasteiger partial charge is 0.495 e. The molecule has 0 bridgehead atoms. The molecule has 2 N–H and O–H groups in total. The number of para-hydroxylation sites is 2. The van der Waals surface area contributed by atoms with E-state index >= 15 is 0 Å². The van der Waals surface area contributed by atoms with Crippen LogP contribution in [0.25, 0.3) is 0 Å². The van der Waals surface area contributed by atoms with Gasteiger partial charge in [-0.15, -0.1) is 0 Å². The molecule has 5 nitrogen and oxygen atoms in total. The van der Waals surface area contributed by atoms with Crippen LogP contribution in [0.3, 0.4) is 0 Å². The summed E-state index contributed by atoms with van der Waals surface area (Å²) in [5.74, 6) is 0.749. The maximum atomic E-state index is 5.33. The number of piperidine rings is 1. The number of benzene rings is 2. The highest BCUT2D eigenvalue weighted by molar-refractivity contribution is 7.80. The number of nitrogens with one attached hydrogen (secondary N) is 2. The van der Waals surface area contributed by atoms with E-state index in [-0.39, 0.29) is 0 Å². The van der Waals surface area contributed by atoms with Gasteiger partial charge in [-0.1, -0.05) is 42.5 Å². The Morgan fingerprint density at radius 2 is 1.77 bits per heavy atom. The van der Waals surface area contributed by atoms with Crippen LogP contribution < -0.4 is 15.5 Å². The van der Waals surface area contributed by atoms with Gasteiger partial charge in [-0.3, -0.25) is 10.3 Å². The number of hydrogen-bond donors (Lipinski definition) is 2. The first-order chi connectivity index (χ1) is 12.7. The van der Waals surface area contributed by atoms with E-state index in [1.54, 1.807) is 7.11 Å². The Balaban J connectivity index is 1.46. The summed E-state index contributed by atoms with van der Waals surface area (Å²) in [6.45, 7) is 3.03. The predicted molar refractivity (Wildman–Crippen MR) is 111 cm³/mol. The number of ether oxygens (including phenoxy) is 1. The van der Waals surface area contributed by atoms with E-state index in [2.05, 4.69) is 51.1 Å². The topological polar surface area (TPSA) is 48.9 Å². The van der Waals surface area contributed by atoms with Gasteiger partial charge in [0.05, 0.1) is 12.8 Å². The minimum atomic E-state index is 0.466. The van der Waals surface area contributed by atoms with Crippen LogP contribution in [0.1, 0.15) is 18.4 Å². The summed E-state index contributed by atoms with van der Waals surface area (Å²) in [7, 11) is 1.64. The van der Waals surface area contributed by atoms with Gasteiger partial charge in [0.1, 0.15) is 5.75 Å². The first-order valence-electron chi connectivity index (χ1n) is 8.76. The van der Waals surface area contributed by atoms with Gasteiger partial charge in [0.2, 0.25) is 0 Å². The second kappa shape index (κ2) is 9.31. The first-order valence-corrected chi connectivity index (χ1v) is 9.17. The number of methoxy groups -OCH3 is 1. The Hall–Kier alpha value is -2.44. The molecule has 1 heterocycles. The molecule has 6 heteroatoms. The van der Waals surface area contributed by atoms with Crippen LogP contribution in [0.4, 0.5) is 5.69 Å². The molecular weight excluding hydrogens is 344 g/mol. The van der Waals surface area contributed by atoms with E-state index in [9.17, 15) is 0 Å². The zero-order valence-corrected chi connectivity index (χ0v) is 15.8. The fourth-order valence-corrected chi connectivity index (χ4v) is 3.11. The van der Waals surface area contributed by atoms with E-state index in [1.165, 1.54) is 5.56 Å². The molecule has 136 valence electrons. The van der Waals surface area contributed by atoms with E-state index in [1.807, 2.05) is 24.3 Å².